The fourth-order valence-electron chi connectivity index (χ4n) is 15.5. The molecule has 3 saturated carbocycles. The molecule has 9 aliphatic rings. The van der Waals surface area contributed by atoms with Gasteiger partial charge in [-0.05, 0) is 182 Å². The van der Waals surface area contributed by atoms with E-state index < -0.39 is 9.84 Å². The Bertz CT molecular complexity index is 2040. The number of hydrogen-bond acceptors (Lipinski definition) is 11. The third-order valence-corrected chi connectivity index (χ3v) is 24.9. The van der Waals surface area contributed by atoms with Gasteiger partial charge in [0.15, 0.2) is 9.84 Å². The maximum Gasteiger partial charge on any atom is 0.239 e. The van der Waals surface area contributed by atoms with Crippen molar-refractivity contribution >= 4 is 45.2 Å². The number of rotatable bonds is 12. The lowest BCUT2D eigenvalue weighted by Gasteiger charge is -2.30. The van der Waals surface area contributed by atoms with Crippen LogP contribution in [0.3, 0.4) is 0 Å². The predicted molar refractivity (Wildman–Crippen MR) is 341 cm³/mol. The summed E-state index contributed by atoms with van der Waals surface area (Å²) < 4.78 is 24.3. The molecule has 0 aromatic rings. The molecular formula is C66H122N8O6S2. The first-order valence-corrected chi connectivity index (χ1v) is 36.2. The van der Waals surface area contributed by atoms with Crippen LogP contribution in [0.5, 0.6) is 0 Å². The van der Waals surface area contributed by atoms with Crippen molar-refractivity contribution in [2.45, 2.75) is 257 Å². The monoisotopic (exact) mass is 1190 g/mol. The molecule has 3 aliphatic carbocycles. The number of thioether (sulfide) groups is 1. The summed E-state index contributed by atoms with van der Waals surface area (Å²) in [7, 11) is 4.56. The Morgan fingerprint density at radius 1 is 0.451 bits per heavy atom. The van der Waals surface area contributed by atoms with Crippen molar-refractivity contribution < 1.29 is 27.6 Å². The van der Waals surface area contributed by atoms with Crippen LogP contribution in [-0.2, 0) is 29.0 Å². The summed E-state index contributed by atoms with van der Waals surface area (Å²) in [6.45, 7) is 24.9. The first-order valence-electron chi connectivity index (χ1n) is 33.4. The molecule has 4 N–H and O–H groups in total. The summed E-state index contributed by atoms with van der Waals surface area (Å²) in [5.41, 5.74) is 0.892. The van der Waals surface area contributed by atoms with E-state index in [1.165, 1.54) is 102 Å². The number of fused-ring (bicyclic) bond motifs is 2. The zero-order valence-electron chi connectivity index (χ0n) is 54.3. The number of nitrogens with one attached hydrogen (secondary N) is 4. The molecule has 6 saturated heterocycles. The molecule has 9 rings (SSSR count). The summed E-state index contributed by atoms with van der Waals surface area (Å²) in [6, 6.07) is -0.168. The Labute approximate surface area is 505 Å². The number of amides is 4. The summed E-state index contributed by atoms with van der Waals surface area (Å²) in [6.07, 6.45) is 30.9. The second kappa shape index (κ2) is 31.8. The van der Waals surface area contributed by atoms with Gasteiger partial charge in [-0.2, -0.15) is 11.8 Å². The molecule has 0 aromatic carbocycles. The number of carbonyl (C=O) groups is 4. The van der Waals surface area contributed by atoms with Gasteiger partial charge in [0.05, 0.1) is 35.2 Å². The number of carbonyl (C=O) groups excluding carboxylic acids is 4. The molecule has 82 heavy (non-hydrogen) atoms. The lowest BCUT2D eigenvalue weighted by atomic mass is 9.83. The topological polar surface area (TPSA) is 164 Å². The summed E-state index contributed by atoms with van der Waals surface area (Å²) in [5, 5.41) is 13.1. The molecule has 4 amide bonds. The highest BCUT2D eigenvalue weighted by atomic mass is 32.2. The summed E-state index contributed by atoms with van der Waals surface area (Å²) >= 11 is 2.08. The van der Waals surface area contributed by atoms with E-state index in [9.17, 15) is 27.6 Å². The van der Waals surface area contributed by atoms with Gasteiger partial charge >= 0.3 is 0 Å². The van der Waals surface area contributed by atoms with Crippen molar-refractivity contribution in [2.75, 3.05) is 92.1 Å². The van der Waals surface area contributed by atoms with Gasteiger partial charge in [-0.1, -0.05) is 120 Å². The minimum atomic E-state index is -3.03. The Balaban J connectivity index is 0.000000176. The number of sulfone groups is 1. The molecule has 9 fully saturated rings. The molecule has 16 heteroatoms. The van der Waals surface area contributed by atoms with E-state index in [2.05, 4.69) is 103 Å². The van der Waals surface area contributed by atoms with Gasteiger partial charge in [-0.25, -0.2) is 8.42 Å². The van der Waals surface area contributed by atoms with Crippen LogP contribution in [0.4, 0.5) is 0 Å². The van der Waals surface area contributed by atoms with Crippen LogP contribution < -0.4 is 21.3 Å². The van der Waals surface area contributed by atoms with Crippen molar-refractivity contribution in [3.05, 3.63) is 0 Å². The van der Waals surface area contributed by atoms with Gasteiger partial charge in [0.1, 0.15) is 0 Å². The van der Waals surface area contributed by atoms with Crippen molar-refractivity contribution in [3.63, 3.8) is 0 Å². The molecule has 0 spiro atoms. The first-order chi connectivity index (χ1) is 38.8. The molecule has 474 valence electrons. The zero-order valence-corrected chi connectivity index (χ0v) is 55.9. The van der Waals surface area contributed by atoms with E-state index in [1.54, 1.807) is 11.9 Å². The standard InChI is InChI=1S/C18H32N2O.C17H32N2O.C16H30N2OS.C15H28N2O3S/c1-18(2)7-8-20(17(21)16(11-18)19-3)12-15-10-13-5-4-6-14(15)9-13;1-17(2)10-11-19(16(20)15(12-17)18-3)13-14-8-6-4-5-7-9-14;1-16(2)8-9-18(15(19)14(11-16)17-3)12-13-7-5-4-6-10-20-13;1-15(2)7-8-17(14(18)13(10-15)16-3)11-12-6-4-5-9-21(12,19)20/h13-16,19H,4-12H2,1-3H3;14-15,18H,4-13H2,1-3H3;13-14,17H,4-12H2,1-3H3;12-13,16H,4-11H2,1-3H3. The van der Waals surface area contributed by atoms with Crippen LogP contribution in [0.25, 0.3) is 0 Å². The minimum absolute atomic E-state index is 0.00304. The van der Waals surface area contributed by atoms with Gasteiger partial charge in [-0.3, -0.25) is 19.2 Å². The van der Waals surface area contributed by atoms with Crippen molar-refractivity contribution in [1.29, 1.82) is 0 Å². The number of hydrogen-bond donors (Lipinski definition) is 4. The van der Waals surface area contributed by atoms with E-state index in [-0.39, 0.29) is 62.7 Å². The molecule has 9 unspecified atom stereocenters. The molecule has 0 aromatic heterocycles. The maximum atomic E-state index is 12.8. The lowest BCUT2D eigenvalue weighted by Crippen LogP contribution is -2.48. The quantitative estimate of drug-likeness (QED) is 0.138. The van der Waals surface area contributed by atoms with E-state index in [0.717, 1.165) is 127 Å². The third kappa shape index (κ3) is 21.1. The van der Waals surface area contributed by atoms with Crippen LogP contribution in [0.15, 0.2) is 0 Å². The highest BCUT2D eigenvalue weighted by Gasteiger charge is 2.43. The van der Waals surface area contributed by atoms with Crippen molar-refractivity contribution in [2.24, 2.45) is 45.3 Å². The van der Waals surface area contributed by atoms with E-state index in [0.29, 0.717) is 42.5 Å². The number of nitrogens with zero attached hydrogens (tertiary/aromatic N) is 4. The van der Waals surface area contributed by atoms with Gasteiger partial charge in [0, 0.05) is 57.6 Å². The Hall–Kier alpha value is -1.98. The molecule has 6 aliphatic heterocycles. The van der Waals surface area contributed by atoms with Crippen LogP contribution in [0, 0.1) is 45.3 Å². The molecule has 0 radical (unpaired) electrons. The number of likely N-dealkylation sites (tertiary alicyclic amines) is 4. The van der Waals surface area contributed by atoms with Gasteiger partial charge in [0.2, 0.25) is 23.6 Å². The summed E-state index contributed by atoms with van der Waals surface area (Å²) in [5.74, 6) is 6.00. The average Bonchev–Trinajstić information content (AvgIpc) is 4.02. The van der Waals surface area contributed by atoms with Crippen LogP contribution >= 0.6 is 11.8 Å². The van der Waals surface area contributed by atoms with E-state index in [1.807, 2.05) is 21.1 Å². The second-order valence-electron chi connectivity index (χ2n) is 30.4. The lowest BCUT2D eigenvalue weighted by molar-refractivity contribution is -0.134. The molecule has 6 heterocycles. The summed E-state index contributed by atoms with van der Waals surface area (Å²) in [4.78, 5) is 59.1. The fourth-order valence-corrected chi connectivity index (χ4v) is 18.7. The second-order valence-corrected chi connectivity index (χ2v) is 34.3. The Morgan fingerprint density at radius 3 is 1.32 bits per heavy atom. The highest BCUT2D eigenvalue weighted by molar-refractivity contribution is 7.99. The van der Waals surface area contributed by atoms with Crippen LogP contribution in [-0.4, -0.2) is 178 Å². The van der Waals surface area contributed by atoms with Crippen molar-refractivity contribution in [1.82, 2.24) is 40.9 Å². The third-order valence-electron chi connectivity index (χ3n) is 21.2. The highest BCUT2D eigenvalue weighted by Crippen LogP contribution is 2.47. The fraction of sp³-hybridized carbons (Fsp3) is 0.939. The Kier molecular flexibility index (Phi) is 26.8. The largest absolute Gasteiger partial charge is 0.341 e. The van der Waals surface area contributed by atoms with Gasteiger partial charge < -0.3 is 40.9 Å². The SMILES string of the molecule is CNC1CC(C)(C)CCN(CC2CC3CCCC2C3)C1=O.CNC1CC(C)(C)CCN(CC2CCCCCC2)C1=O.CNC1CC(C)(C)CCN(CC2CCCCCS2)C1=O.CNC1CC(C)(C)CCN(CC2CCCCS2(=O)=O)C1=O. The molecular weight excluding hydrogens is 1060 g/mol. The van der Waals surface area contributed by atoms with Crippen molar-refractivity contribution in [3.8, 4) is 0 Å². The zero-order chi connectivity index (χ0) is 59.9. The van der Waals surface area contributed by atoms with E-state index >= 15 is 0 Å². The predicted octanol–water partition coefficient (Wildman–Crippen LogP) is 10.3. The molecule has 14 nitrogen and oxygen atoms in total. The average molecular weight is 1190 g/mol. The first kappa shape index (κ1) is 69.1. The molecule has 9 atom stereocenters. The van der Waals surface area contributed by atoms with Gasteiger partial charge in [-0.15, -0.1) is 0 Å². The molecule has 2 bridgehead atoms. The van der Waals surface area contributed by atoms with E-state index in [4.69, 9.17) is 0 Å². The normalized spacial score (nSPS) is 33.3. The van der Waals surface area contributed by atoms with Crippen LogP contribution in [0.1, 0.15) is 222 Å². The smallest absolute Gasteiger partial charge is 0.239 e. The number of likely N-dealkylation sites (N-methyl/N-ethyl adjacent to an activating group) is 4. The maximum absolute atomic E-state index is 12.8. The van der Waals surface area contributed by atoms with Crippen LogP contribution in [0.2, 0.25) is 0 Å². The van der Waals surface area contributed by atoms with Gasteiger partial charge in [0.25, 0.3) is 0 Å². The Morgan fingerprint density at radius 2 is 0.866 bits per heavy atom. The minimum Gasteiger partial charge on any atom is -0.341 e.